The first kappa shape index (κ1) is 19.1. The van der Waals surface area contributed by atoms with Gasteiger partial charge in [-0.3, -0.25) is 0 Å². The first-order valence-electron chi connectivity index (χ1n) is 9.27. The summed E-state index contributed by atoms with van der Waals surface area (Å²) in [5.74, 6) is 0.564. The zero-order chi connectivity index (χ0) is 19.2. The van der Waals surface area contributed by atoms with Crippen LogP contribution in [0.3, 0.4) is 0 Å². The number of fused-ring (bicyclic) bond motifs is 1. The van der Waals surface area contributed by atoms with Crippen molar-refractivity contribution >= 4 is 11.0 Å². The van der Waals surface area contributed by atoms with Crippen molar-refractivity contribution in [1.29, 1.82) is 0 Å². The Labute approximate surface area is 158 Å². The van der Waals surface area contributed by atoms with Crippen molar-refractivity contribution in [1.82, 2.24) is 4.90 Å². The molecule has 2 aromatic carbocycles. The molecule has 1 heterocycles. The average molecular weight is 367 g/mol. The molecule has 0 saturated carbocycles. The third-order valence-corrected chi connectivity index (χ3v) is 4.61. The first-order valence-corrected chi connectivity index (χ1v) is 9.27. The highest BCUT2D eigenvalue weighted by atomic mass is 16.5. The van der Waals surface area contributed by atoms with Crippen molar-refractivity contribution in [3.8, 4) is 16.9 Å². The molecular formula is C22H25NO4. The van der Waals surface area contributed by atoms with Crippen LogP contribution < -0.4 is 10.4 Å². The molecule has 0 bridgehead atoms. The number of aliphatic hydroxyl groups excluding tert-OH is 1. The molecule has 0 amide bonds. The maximum absolute atomic E-state index is 12.0. The average Bonchev–Trinajstić information content (AvgIpc) is 2.70. The second-order valence-corrected chi connectivity index (χ2v) is 6.45. The molecule has 1 atom stereocenters. The van der Waals surface area contributed by atoms with E-state index >= 15 is 0 Å². The van der Waals surface area contributed by atoms with Gasteiger partial charge in [-0.2, -0.15) is 0 Å². The van der Waals surface area contributed by atoms with Gasteiger partial charge in [0.2, 0.25) is 0 Å². The van der Waals surface area contributed by atoms with Crippen LogP contribution in [0, 0.1) is 0 Å². The minimum absolute atomic E-state index is 0.185. The quantitative estimate of drug-likeness (QED) is 0.617. The second-order valence-electron chi connectivity index (χ2n) is 6.45. The number of nitrogens with zero attached hydrogens (tertiary/aromatic N) is 1. The van der Waals surface area contributed by atoms with Gasteiger partial charge in [-0.15, -0.1) is 0 Å². The van der Waals surface area contributed by atoms with Crippen molar-refractivity contribution in [3.63, 3.8) is 0 Å². The Bertz CT molecular complexity index is 932. The summed E-state index contributed by atoms with van der Waals surface area (Å²) < 4.78 is 11.1. The molecule has 142 valence electrons. The van der Waals surface area contributed by atoms with Gasteiger partial charge in [0, 0.05) is 24.1 Å². The monoisotopic (exact) mass is 367 g/mol. The Kier molecular flexibility index (Phi) is 6.27. The molecule has 0 radical (unpaired) electrons. The Balaban J connectivity index is 1.81. The van der Waals surface area contributed by atoms with Gasteiger partial charge in [0.1, 0.15) is 24.0 Å². The molecule has 0 aliphatic carbocycles. The lowest BCUT2D eigenvalue weighted by Crippen LogP contribution is -2.35. The van der Waals surface area contributed by atoms with Crippen LogP contribution in [0.15, 0.2) is 63.8 Å². The number of aliphatic hydroxyl groups is 1. The SMILES string of the molecule is CCN(CC)CC(O)COc1ccc2c(-c3ccccc3)cc(=O)oc2c1. The summed E-state index contributed by atoms with van der Waals surface area (Å²) in [7, 11) is 0. The van der Waals surface area contributed by atoms with Crippen LogP contribution in [0.25, 0.3) is 22.1 Å². The zero-order valence-corrected chi connectivity index (χ0v) is 15.7. The second kappa shape index (κ2) is 8.84. The summed E-state index contributed by atoms with van der Waals surface area (Å²) in [4.78, 5) is 14.1. The first-order chi connectivity index (χ1) is 13.1. The highest BCUT2D eigenvalue weighted by Gasteiger charge is 2.12. The van der Waals surface area contributed by atoms with Gasteiger partial charge in [0.05, 0.1) is 0 Å². The molecule has 1 unspecified atom stereocenters. The summed E-state index contributed by atoms with van der Waals surface area (Å²) in [6.07, 6.45) is -0.580. The largest absolute Gasteiger partial charge is 0.491 e. The van der Waals surface area contributed by atoms with E-state index < -0.39 is 11.7 Å². The van der Waals surface area contributed by atoms with Crippen LogP contribution in [-0.4, -0.2) is 42.4 Å². The highest BCUT2D eigenvalue weighted by Crippen LogP contribution is 2.29. The fourth-order valence-electron chi connectivity index (χ4n) is 3.11. The van der Waals surface area contributed by atoms with E-state index in [0.29, 0.717) is 17.9 Å². The fourth-order valence-corrected chi connectivity index (χ4v) is 3.11. The lowest BCUT2D eigenvalue weighted by Gasteiger charge is -2.22. The van der Waals surface area contributed by atoms with Crippen molar-refractivity contribution in [3.05, 3.63) is 65.0 Å². The Hall–Kier alpha value is -2.63. The Morgan fingerprint density at radius 1 is 1.07 bits per heavy atom. The van der Waals surface area contributed by atoms with Crippen LogP contribution in [-0.2, 0) is 0 Å². The lowest BCUT2D eigenvalue weighted by atomic mass is 10.0. The molecule has 5 heteroatoms. The third kappa shape index (κ3) is 4.76. The molecule has 5 nitrogen and oxygen atoms in total. The maximum Gasteiger partial charge on any atom is 0.336 e. The summed E-state index contributed by atoms with van der Waals surface area (Å²) in [5, 5.41) is 11.0. The number of likely N-dealkylation sites (N-methyl/N-ethyl adjacent to an activating group) is 1. The number of rotatable bonds is 8. The molecule has 3 rings (SSSR count). The van der Waals surface area contributed by atoms with E-state index in [4.69, 9.17) is 9.15 Å². The number of ether oxygens (including phenoxy) is 1. The fraction of sp³-hybridized carbons (Fsp3) is 0.318. The van der Waals surface area contributed by atoms with E-state index in [0.717, 1.165) is 29.6 Å². The van der Waals surface area contributed by atoms with Crippen LogP contribution in [0.5, 0.6) is 5.75 Å². The van der Waals surface area contributed by atoms with E-state index in [9.17, 15) is 9.90 Å². The summed E-state index contributed by atoms with van der Waals surface area (Å²) in [6, 6.07) is 16.6. The topological polar surface area (TPSA) is 62.9 Å². The lowest BCUT2D eigenvalue weighted by molar-refractivity contribution is 0.0716. The van der Waals surface area contributed by atoms with Crippen molar-refractivity contribution < 1.29 is 14.3 Å². The van der Waals surface area contributed by atoms with E-state index in [-0.39, 0.29) is 6.61 Å². The summed E-state index contributed by atoms with van der Waals surface area (Å²) >= 11 is 0. The van der Waals surface area contributed by atoms with Gasteiger partial charge in [-0.05, 0) is 36.3 Å². The minimum atomic E-state index is -0.580. The van der Waals surface area contributed by atoms with Gasteiger partial charge in [-0.1, -0.05) is 44.2 Å². The molecule has 1 N–H and O–H groups in total. The normalized spacial score (nSPS) is 12.4. The van der Waals surface area contributed by atoms with Crippen LogP contribution >= 0.6 is 0 Å². The van der Waals surface area contributed by atoms with Gasteiger partial charge in [0.15, 0.2) is 0 Å². The van der Waals surface area contributed by atoms with Gasteiger partial charge in [-0.25, -0.2) is 4.79 Å². The van der Waals surface area contributed by atoms with Crippen molar-refractivity contribution in [2.24, 2.45) is 0 Å². The predicted octanol–water partition coefficient (Wildman–Crippen LogP) is 3.54. The molecule has 1 aromatic heterocycles. The van der Waals surface area contributed by atoms with Gasteiger partial charge in [0.25, 0.3) is 0 Å². The number of benzene rings is 2. The molecule has 0 aliphatic rings. The van der Waals surface area contributed by atoms with Gasteiger partial charge < -0.3 is 19.2 Å². The van der Waals surface area contributed by atoms with Crippen LogP contribution in [0.4, 0.5) is 0 Å². The molecule has 0 saturated heterocycles. The van der Waals surface area contributed by atoms with E-state index in [2.05, 4.69) is 18.7 Å². The number of hydrogen-bond acceptors (Lipinski definition) is 5. The molecule has 0 aliphatic heterocycles. The zero-order valence-electron chi connectivity index (χ0n) is 15.7. The van der Waals surface area contributed by atoms with E-state index in [1.165, 1.54) is 6.07 Å². The summed E-state index contributed by atoms with van der Waals surface area (Å²) in [5.41, 5.74) is 1.85. The molecule has 27 heavy (non-hydrogen) atoms. The Morgan fingerprint density at radius 2 is 1.81 bits per heavy atom. The molecule has 0 spiro atoms. The highest BCUT2D eigenvalue weighted by molar-refractivity contribution is 5.93. The molecule has 0 fully saturated rings. The van der Waals surface area contributed by atoms with Crippen molar-refractivity contribution in [2.45, 2.75) is 20.0 Å². The van der Waals surface area contributed by atoms with E-state index in [1.807, 2.05) is 42.5 Å². The molecule has 3 aromatic rings. The smallest absolute Gasteiger partial charge is 0.336 e. The predicted molar refractivity (Wildman–Crippen MR) is 107 cm³/mol. The van der Waals surface area contributed by atoms with Crippen LogP contribution in [0.1, 0.15) is 13.8 Å². The van der Waals surface area contributed by atoms with Crippen molar-refractivity contribution in [2.75, 3.05) is 26.2 Å². The van der Waals surface area contributed by atoms with Crippen LogP contribution in [0.2, 0.25) is 0 Å². The molecular weight excluding hydrogens is 342 g/mol. The number of hydrogen-bond donors (Lipinski definition) is 1. The van der Waals surface area contributed by atoms with E-state index in [1.54, 1.807) is 6.07 Å². The minimum Gasteiger partial charge on any atom is -0.491 e. The third-order valence-electron chi connectivity index (χ3n) is 4.61. The Morgan fingerprint density at radius 3 is 2.52 bits per heavy atom. The summed E-state index contributed by atoms with van der Waals surface area (Å²) in [6.45, 7) is 6.64. The standard InChI is InChI=1S/C22H25NO4/c1-3-23(4-2)14-17(24)15-26-18-10-11-19-20(16-8-6-5-7-9-16)13-22(25)27-21(19)12-18/h5-13,17,24H,3-4,14-15H2,1-2H3. The van der Waals surface area contributed by atoms with Gasteiger partial charge >= 0.3 is 5.63 Å². The maximum atomic E-state index is 12.0.